The van der Waals surface area contributed by atoms with Crippen molar-refractivity contribution in [2.24, 2.45) is 5.10 Å². The summed E-state index contributed by atoms with van der Waals surface area (Å²) in [5.74, 6) is -0.363. The number of thioether (sulfide) groups is 1. The van der Waals surface area contributed by atoms with E-state index in [0.29, 0.717) is 5.69 Å². The average molecular weight is 319 g/mol. The summed E-state index contributed by atoms with van der Waals surface area (Å²) in [6.07, 6.45) is 3.68. The molecule has 0 atom stereocenters. The van der Waals surface area contributed by atoms with Gasteiger partial charge in [0, 0.05) is 4.90 Å². The standard InChI is InChI=1S/C15H14FN3S2/c1-21-12-8-6-11(7-9-12)10-17-19-15(20)18-14-5-3-2-4-13(14)16/h2-10H,1H3,(H2,18,19,20)/b17-10-. The summed E-state index contributed by atoms with van der Waals surface area (Å²) >= 11 is 6.73. The lowest BCUT2D eigenvalue weighted by molar-refractivity contribution is 0.632. The minimum absolute atomic E-state index is 0.233. The van der Waals surface area contributed by atoms with Gasteiger partial charge in [-0.1, -0.05) is 24.3 Å². The molecule has 2 N–H and O–H groups in total. The number of nitrogens with zero attached hydrogens (tertiary/aromatic N) is 1. The third kappa shape index (κ3) is 4.84. The van der Waals surface area contributed by atoms with E-state index in [1.807, 2.05) is 30.5 Å². The van der Waals surface area contributed by atoms with Crippen LogP contribution >= 0.6 is 24.0 Å². The zero-order valence-corrected chi connectivity index (χ0v) is 13.0. The number of hydrogen-bond donors (Lipinski definition) is 2. The molecule has 2 aromatic carbocycles. The lowest BCUT2D eigenvalue weighted by Gasteiger charge is -2.07. The van der Waals surface area contributed by atoms with E-state index < -0.39 is 0 Å². The summed E-state index contributed by atoms with van der Waals surface area (Å²) in [5, 5.41) is 6.99. The molecule has 2 rings (SSSR count). The Morgan fingerprint density at radius 2 is 1.90 bits per heavy atom. The fourth-order valence-electron chi connectivity index (χ4n) is 1.57. The first-order valence-corrected chi connectivity index (χ1v) is 7.81. The number of rotatable bonds is 4. The SMILES string of the molecule is CSc1ccc(/C=N\NC(=S)Nc2ccccc2F)cc1. The first-order chi connectivity index (χ1) is 10.2. The molecule has 108 valence electrons. The van der Waals surface area contributed by atoms with E-state index in [1.165, 1.54) is 11.0 Å². The number of thiocarbonyl (C=S) groups is 1. The van der Waals surface area contributed by atoms with Crippen molar-refractivity contribution < 1.29 is 4.39 Å². The first kappa shape index (κ1) is 15.5. The Bertz CT molecular complexity index is 642. The monoisotopic (exact) mass is 319 g/mol. The average Bonchev–Trinajstić information content (AvgIpc) is 2.50. The van der Waals surface area contributed by atoms with Crippen molar-refractivity contribution in [3.05, 3.63) is 59.9 Å². The maximum Gasteiger partial charge on any atom is 0.191 e. The molecule has 0 fully saturated rings. The molecule has 0 unspecified atom stereocenters. The summed E-state index contributed by atoms with van der Waals surface area (Å²) in [7, 11) is 0. The largest absolute Gasteiger partial charge is 0.329 e. The van der Waals surface area contributed by atoms with Crippen LogP contribution in [0.2, 0.25) is 0 Å². The lowest BCUT2D eigenvalue weighted by Crippen LogP contribution is -2.24. The molecule has 0 aliphatic rings. The molecule has 2 aromatic rings. The highest BCUT2D eigenvalue weighted by molar-refractivity contribution is 7.98. The van der Waals surface area contributed by atoms with E-state index in [-0.39, 0.29) is 10.9 Å². The number of hydrogen-bond acceptors (Lipinski definition) is 3. The topological polar surface area (TPSA) is 36.4 Å². The van der Waals surface area contributed by atoms with Gasteiger partial charge in [0.2, 0.25) is 0 Å². The number of para-hydroxylation sites is 1. The molecule has 0 heterocycles. The summed E-state index contributed by atoms with van der Waals surface area (Å²) in [6.45, 7) is 0. The van der Waals surface area contributed by atoms with Crippen molar-refractivity contribution in [2.75, 3.05) is 11.6 Å². The van der Waals surface area contributed by atoms with Crippen LogP contribution < -0.4 is 10.7 Å². The fraction of sp³-hybridized carbons (Fsp3) is 0.0667. The second-order valence-electron chi connectivity index (χ2n) is 4.08. The van der Waals surface area contributed by atoms with E-state index in [9.17, 15) is 4.39 Å². The molecule has 0 aromatic heterocycles. The molecule has 6 heteroatoms. The Kier molecular flexibility index (Phi) is 5.71. The molecular weight excluding hydrogens is 305 g/mol. The van der Waals surface area contributed by atoms with E-state index in [1.54, 1.807) is 36.2 Å². The molecule has 0 bridgehead atoms. The highest BCUT2D eigenvalue weighted by Crippen LogP contribution is 2.14. The molecule has 0 saturated heterocycles. The minimum atomic E-state index is -0.363. The van der Waals surface area contributed by atoms with Gasteiger partial charge in [-0.3, -0.25) is 5.43 Å². The normalized spacial score (nSPS) is 10.6. The van der Waals surface area contributed by atoms with Crippen molar-refractivity contribution in [3.8, 4) is 0 Å². The molecule has 0 radical (unpaired) electrons. The smallest absolute Gasteiger partial charge is 0.191 e. The van der Waals surface area contributed by atoms with Gasteiger partial charge in [-0.15, -0.1) is 11.8 Å². The Balaban J connectivity index is 1.88. The summed E-state index contributed by atoms with van der Waals surface area (Å²) in [4.78, 5) is 1.19. The molecule has 0 spiro atoms. The van der Waals surface area contributed by atoms with E-state index >= 15 is 0 Å². The quantitative estimate of drug-likeness (QED) is 0.388. The summed E-state index contributed by atoms with van der Waals surface area (Å²) < 4.78 is 13.4. The third-order valence-electron chi connectivity index (χ3n) is 2.62. The van der Waals surface area contributed by atoms with Gasteiger partial charge in [-0.25, -0.2) is 4.39 Å². The van der Waals surface area contributed by atoms with Crippen LogP contribution in [0.5, 0.6) is 0 Å². The Morgan fingerprint density at radius 3 is 2.57 bits per heavy atom. The Hall–Kier alpha value is -1.92. The van der Waals surface area contributed by atoms with Crippen LogP contribution in [-0.4, -0.2) is 17.6 Å². The number of anilines is 1. The van der Waals surface area contributed by atoms with Gasteiger partial charge in [0.1, 0.15) is 5.82 Å². The molecule has 0 aliphatic carbocycles. The van der Waals surface area contributed by atoms with Crippen LogP contribution in [0.15, 0.2) is 58.5 Å². The number of nitrogens with one attached hydrogen (secondary N) is 2. The zero-order valence-electron chi connectivity index (χ0n) is 11.3. The maximum absolute atomic E-state index is 13.4. The molecule has 0 amide bonds. The van der Waals surface area contributed by atoms with Gasteiger partial charge in [-0.05, 0) is 48.3 Å². The van der Waals surface area contributed by atoms with Gasteiger partial charge in [0.05, 0.1) is 11.9 Å². The number of hydrazone groups is 1. The van der Waals surface area contributed by atoms with E-state index in [2.05, 4.69) is 15.8 Å². The van der Waals surface area contributed by atoms with Crippen molar-refractivity contribution in [1.82, 2.24) is 5.43 Å². The number of halogens is 1. The van der Waals surface area contributed by atoms with Crippen LogP contribution in [0.25, 0.3) is 0 Å². The molecular formula is C15H14FN3S2. The number of benzene rings is 2. The second kappa shape index (κ2) is 7.75. The summed E-state index contributed by atoms with van der Waals surface area (Å²) in [6, 6.07) is 14.3. The van der Waals surface area contributed by atoms with Crippen LogP contribution in [0, 0.1) is 5.82 Å². The highest BCUT2D eigenvalue weighted by Gasteiger charge is 2.01. The maximum atomic E-state index is 13.4. The first-order valence-electron chi connectivity index (χ1n) is 6.17. The van der Waals surface area contributed by atoms with Crippen LogP contribution in [0.1, 0.15) is 5.56 Å². The van der Waals surface area contributed by atoms with Gasteiger partial charge in [0.25, 0.3) is 0 Å². The molecule has 0 saturated carbocycles. The van der Waals surface area contributed by atoms with Crippen molar-refractivity contribution in [1.29, 1.82) is 0 Å². The van der Waals surface area contributed by atoms with Gasteiger partial charge in [-0.2, -0.15) is 5.10 Å². The predicted octanol–water partition coefficient (Wildman–Crippen LogP) is 3.87. The predicted molar refractivity (Wildman–Crippen MR) is 91.6 cm³/mol. The van der Waals surface area contributed by atoms with Gasteiger partial charge in [0.15, 0.2) is 5.11 Å². The highest BCUT2D eigenvalue weighted by atomic mass is 32.2. The molecule has 0 aliphatic heterocycles. The molecule has 21 heavy (non-hydrogen) atoms. The van der Waals surface area contributed by atoms with Crippen LogP contribution in [-0.2, 0) is 0 Å². The van der Waals surface area contributed by atoms with Gasteiger partial charge < -0.3 is 5.32 Å². The van der Waals surface area contributed by atoms with Crippen molar-refractivity contribution >= 4 is 41.0 Å². The van der Waals surface area contributed by atoms with Crippen LogP contribution in [0.4, 0.5) is 10.1 Å². The third-order valence-corrected chi connectivity index (χ3v) is 3.55. The van der Waals surface area contributed by atoms with E-state index in [0.717, 1.165) is 5.56 Å². The lowest BCUT2D eigenvalue weighted by atomic mass is 10.2. The minimum Gasteiger partial charge on any atom is -0.329 e. The van der Waals surface area contributed by atoms with Crippen molar-refractivity contribution in [3.63, 3.8) is 0 Å². The Morgan fingerprint density at radius 1 is 1.19 bits per heavy atom. The van der Waals surface area contributed by atoms with Gasteiger partial charge >= 0.3 is 0 Å². The Labute approximate surface area is 132 Å². The zero-order chi connectivity index (χ0) is 15.1. The summed E-state index contributed by atoms with van der Waals surface area (Å²) in [5.41, 5.74) is 3.92. The van der Waals surface area contributed by atoms with Crippen molar-refractivity contribution in [2.45, 2.75) is 4.90 Å². The fourth-order valence-corrected chi connectivity index (χ4v) is 2.14. The second-order valence-corrected chi connectivity index (χ2v) is 5.37. The van der Waals surface area contributed by atoms with Crippen LogP contribution in [0.3, 0.4) is 0 Å². The van der Waals surface area contributed by atoms with E-state index in [4.69, 9.17) is 12.2 Å². The molecule has 3 nitrogen and oxygen atoms in total.